The van der Waals surface area contributed by atoms with Crippen molar-refractivity contribution in [3.63, 3.8) is 0 Å². The van der Waals surface area contributed by atoms with Crippen LogP contribution in [-0.4, -0.2) is 44.0 Å². The van der Waals surface area contributed by atoms with Crippen LogP contribution in [0.5, 0.6) is 0 Å². The molecule has 8 nitrogen and oxygen atoms in total. The highest BCUT2D eigenvalue weighted by Crippen LogP contribution is 2.19. The number of carbonyl (C=O) groups is 4. The predicted molar refractivity (Wildman–Crippen MR) is 92.6 cm³/mol. The lowest BCUT2D eigenvalue weighted by Gasteiger charge is -2.26. The molecule has 0 fully saturated rings. The number of hydrogen-bond acceptors (Lipinski definition) is 6. The molecule has 0 bridgehead atoms. The summed E-state index contributed by atoms with van der Waals surface area (Å²) in [6.45, 7) is 1.45. The van der Waals surface area contributed by atoms with Crippen molar-refractivity contribution in [2.45, 2.75) is 25.8 Å². The Hall–Kier alpha value is -2.90. The number of benzene rings is 1. The van der Waals surface area contributed by atoms with E-state index in [0.29, 0.717) is 6.42 Å². The van der Waals surface area contributed by atoms with Crippen molar-refractivity contribution in [3.8, 4) is 0 Å². The molecule has 0 heterocycles. The van der Waals surface area contributed by atoms with Crippen molar-refractivity contribution < 1.29 is 28.7 Å². The first-order valence-electron chi connectivity index (χ1n) is 8.10. The van der Waals surface area contributed by atoms with Gasteiger partial charge in [-0.25, -0.2) is 0 Å². The van der Waals surface area contributed by atoms with Crippen LogP contribution in [0.15, 0.2) is 30.3 Å². The van der Waals surface area contributed by atoms with E-state index >= 15 is 0 Å². The average Bonchev–Trinajstić information content (AvgIpc) is 2.64. The van der Waals surface area contributed by atoms with E-state index in [-0.39, 0.29) is 6.42 Å². The Morgan fingerprint density at radius 3 is 2.04 bits per heavy atom. The zero-order valence-electron chi connectivity index (χ0n) is 15.1. The van der Waals surface area contributed by atoms with Crippen LogP contribution in [0.3, 0.4) is 0 Å². The normalized spacial score (nSPS) is 12.8. The van der Waals surface area contributed by atoms with Crippen LogP contribution < -0.4 is 11.1 Å². The van der Waals surface area contributed by atoms with Gasteiger partial charge in [-0.15, -0.1) is 0 Å². The van der Waals surface area contributed by atoms with E-state index in [0.717, 1.165) is 19.8 Å². The molecule has 0 aliphatic carbocycles. The summed E-state index contributed by atoms with van der Waals surface area (Å²) in [5.41, 5.74) is 6.32. The molecule has 1 aromatic rings. The number of esters is 2. The minimum Gasteiger partial charge on any atom is -0.468 e. The monoisotopic (exact) mass is 364 g/mol. The summed E-state index contributed by atoms with van der Waals surface area (Å²) in [5, 5.41) is 2.50. The summed E-state index contributed by atoms with van der Waals surface area (Å²) in [6.07, 6.45) is 0.603. The van der Waals surface area contributed by atoms with Crippen molar-refractivity contribution in [1.29, 1.82) is 0 Å². The maximum Gasteiger partial charge on any atom is 0.320 e. The fourth-order valence-electron chi connectivity index (χ4n) is 2.58. The first kappa shape index (κ1) is 21.1. The molecule has 0 aliphatic heterocycles. The first-order valence-corrected chi connectivity index (χ1v) is 8.10. The molecule has 0 aliphatic rings. The maximum absolute atomic E-state index is 12.2. The van der Waals surface area contributed by atoms with Crippen LogP contribution in [0.4, 0.5) is 0 Å². The van der Waals surface area contributed by atoms with Gasteiger partial charge in [0.15, 0.2) is 5.92 Å². The molecule has 8 heteroatoms. The number of primary amides is 1. The second-order valence-electron chi connectivity index (χ2n) is 5.82. The van der Waals surface area contributed by atoms with Gasteiger partial charge in [0.1, 0.15) is 6.04 Å². The van der Waals surface area contributed by atoms with E-state index in [1.165, 1.54) is 6.92 Å². The molecule has 0 radical (unpaired) electrons. The lowest BCUT2D eigenvalue weighted by molar-refractivity contribution is -0.162. The molecule has 1 aromatic carbocycles. The number of hydrogen-bond donors (Lipinski definition) is 2. The second-order valence-corrected chi connectivity index (χ2v) is 5.82. The van der Waals surface area contributed by atoms with Gasteiger partial charge in [0.2, 0.25) is 11.8 Å². The minimum atomic E-state index is -1.38. The van der Waals surface area contributed by atoms with Gasteiger partial charge in [-0.2, -0.15) is 0 Å². The van der Waals surface area contributed by atoms with Crippen LogP contribution in [-0.2, 0) is 35.1 Å². The van der Waals surface area contributed by atoms with E-state index in [4.69, 9.17) is 5.73 Å². The highest BCUT2D eigenvalue weighted by atomic mass is 16.5. The number of aryl methyl sites for hydroxylation is 1. The molecule has 0 spiro atoms. The number of methoxy groups -OCH3 is 2. The number of ether oxygens (including phenoxy) is 2. The van der Waals surface area contributed by atoms with E-state index in [1.54, 1.807) is 0 Å². The summed E-state index contributed by atoms with van der Waals surface area (Å²) in [5.74, 6) is -5.32. The fraction of sp³-hybridized carbons (Fsp3) is 0.444. The smallest absolute Gasteiger partial charge is 0.320 e. The van der Waals surface area contributed by atoms with Crippen molar-refractivity contribution in [3.05, 3.63) is 35.9 Å². The summed E-state index contributed by atoms with van der Waals surface area (Å²) in [6, 6.07) is 8.13. The Morgan fingerprint density at radius 1 is 1.04 bits per heavy atom. The zero-order chi connectivity index (χ0) is 19.7. The van der Waals surface area contributed by atoms with Crippen LogP contribution in [0.25, 0.3) is 0 Å². The Morgan fingerprint density at radius 2 is 1.58 bits per heavy atom. The van der Waals surface area contributed by atoms with Crippen LogP contribution in [0, 0.1) is 11.8 Å². The molecule has 0 saturated carbocycles. The van der Waals surface area contributed by atoms with E-state index in [1.807, 2.05) is 30.3 Å². The molecule has 1 rings (SSSR count). The molecule has 2 amide bonds. The van der Waals surface area contributed by atoms with E-state index in [9.17, 15) is 19.2 Å². The van der Waals surface area contributed by atoms with Crippen molar-refractivity contribution in [1.82, 2.24) is 5.32 Å². The average molecular weight is 364 g/mol. The topological polar surface area (TPSA) is 125 Å². The molecule has 3 N–H and O–H groups in total. The van der Waals surface area contributed by atoms with Crippen LogP contribution in [0.1, 0.15) is 18.9 Å². The fourth-order valence-corrected chi connectivity index (χ4v) is 2.58. The molecule has 142 valence electrons. The lowest BCUT2D eigenvalue weighted by atomic mass is 9.86. The Labute approximate surface area is 152 Å². The predicted octanol–water partition coefficient (Wildman–Crippen LogP) is 0.188. The van der Waals surface area contributed by atoms with Gasteiger partial charge < -0.3 is 20.5 Å². The largest absolute Gasteiger partial charge is 0.468 e. The standard InChI is InChI=1S/C18H24N2O6/c1-11(14(17(23)25-2)18(24)26-3)15(16(19)22)20-13(21)10-9-12-7-5-4-6-8-12/h4-8,11,14-15H,9-10H2,1-3H3,(H2,19,22)(H,20,21)/t11-,15+/m0/s1. The number of carbonyl (C=O) groups excluding carboxylic acids is 4. The summed E-state index contributed by atoms with van der Waals surface area (Å²) >= 11 is 0. The second kappa shape index (κ2) is 10.2. The van der Waals surface area contributed by atoms with Gasteiger partial charge in [0.05, 0.1) is 14.2 Å². The highest BCUT2D eigenvalue weighted by Gasteiger charge is 2.41. The zero-order valence-corrected chi connectivity index (χ0v) is 15.1. The quantitative estimate of drug-likeness (QED) is 0.476. The molecular weight excluding hydrogens is 340 g/mol. The van der Waals surface area contributed by atoms with Crippen molar-refractivity contribution in [2.24, 2.45) is 17.6 Å². The third kappa shape index (κ3) is 5.87. The van der Waals surface area contributed by atoms with E-state index < -0.39 is 41.6 Å². The third-order valence-corrected chi connectivity index (χ3v) is 4.07. The van der Waals surface area contributed by atoms with Gasteiger partial charge in [-0.3, -0.25) is 19.2 Å². The Kier molecular flexibility index (Phi) is 8.27. The Balaban J connectivity index is 2.82. The van der Waals surface area contributed by atoms with Gasteiger partial charge in [-0.1, -0.05) is 37.3 Å². The molecule has 26 heavy (non-hydrogen) atoms. The van der Waals surface area contributed by atoms with Gasteiger partial charge in [0, 0.05) is 12.3 Å². The number of nitrogens with one attached hydrogen (secondary N) is 1. The van der Waals surface area contributed by atoms with Gasteiger partial charge in [-0.05, 0) is 12.0 Å². The number of nitrogens with two attached hydrogens (primary N) is 1. The molecule has 0 saturated heterocycles. The summed E-state index contributed by atoms with van der Waals surface area (Å²) in [4.78, 5) is 47.7. The maximum atomic E-state index is 12.2. The molecular formula is C18H24N2O6. The number of rotatable bonds is 9. The SMILES string of the molecule is COC(=O)C(C(=O)OC)[C@H](C)[C@@H](NC(=O)CCc1ccccc1)C(N)=O. The summed E-state index contributed by atoms with van der Waals surface area (Å²) < 4.78 is 9.18. The van der Waals surface area contributed by atoms with Gasteiger partial charge >= 0.3 is 11.9 Å². The summed E-state index contributed by atoms with van der Waals surface area (Å²) in [7, 11) is 2.23. The molecule has 0 unspecified atom stereocenters. The lowest BCUT2D eigenvalue weighted by Crippen LogP contribution is -2.52. The van der Waals surface area contributed by atoms with Crippen molar-refractivity contribution in [2.75, 3.05) is 14.2 Å². The van der Waals surface area contributed by atoms with Crippen LogP contribution in [0.2, 0.25) is 0 Å². The van der Waals surface area contributed by atoms with Crippen molar-refractivity contribution >= 4 is 23.8 Å². The van der Waals surface area contributed by atoms with Crippen LogP contribution >= 0.6 is 0 Å². The minimum absolute atomic E-state index is 0.127. The number of amides is 2. The molecule has 2 atom stereocenters. The third-order valence-electron chi connectivity index (χ3n) is 4.07. The first-order chi connectivity index (χ1) is 12.3. The van der Waals surface area contributed by atoms with Gasteiger partial charge in [0.25, 0.3) is 0 Å². The Bertz CT molecular complexity index is 630. The molecule has 0 aromatic heterocycles. The van der Waals surface area contributed by atoms with E-state index in [2.05, 4.69) is 14.8 Å². The highest BCUT2D eigenvalue weighted by molar-refractivity contribution is 5.97.